The number of rotatable bonds is 9. The largest absolute Gasteiger partial charge is 0.497 e. The van der Waals surface area contributed by atoms with Crippen LogP contribution in [-0.2, 0) is 21.4 Å². The summed E-state index contributed by atoms with van der Waals surface area (Å²) in [6.45, 7) is 1.99. The lowest BCUT2D eigenvalue weighted by Gasteiger charge is -2.12. The van der Waals surface area contributed by atoms with Gasteiger partial charge in [0.15, 0.2) is 6.61 Å². The molecule has 2 N–H and O–H groups in total. The summed E-state index contributed by atoms with van der Waals surface area (Å²) >= 11 is 0. The van der Waals surface area contributed by atoms with E-state index in [1.807, 2.05) is 24.3 Å². The molecule has 28 heavy (non-hydrogen) atoms. The number of benzene rings is 2. The summed E-state index contributed by atoms with van der Waals surface area (Å²) in [4.78, 5) is 12.2. The van der Waals surface area contributed by atoms with Crippen molar-refractivity contribution in [3.63, 3.8) is 0 Å². The second kappa shape index (κ2) is 8.62. The number of carbonyl (C=O) groups is 1. The van der Waals surface area contributed by atoms with Crippen LogP contribution in [-0.4, -0.2) is 34.1 Å². The normalized spacial score (nSPS) is 13.8. The van der Waals surface area contributed by atoms with Crippen LogP contribution in [0.25, 0.3) is 0 Å². The van der Waals surface area contributed by atoms with Gasteiger partial charge in [0.05, 0.1) is 12.0 Å². The van der Waals surface area contributed by atoms with E-state index in [0.29, 0.717) is 17.9 Å². The van der Waals surface area contributed by atoms with Crippen LogP contribution in [0.5, 0.6) is 11.5 Å². The molecule has 0 aliphatic heterocycles. The minimum atomic E-state index is -3.51. The Bertz CT molecular complexity index is 938. The van der Waals surface area contributed by atoms with Crippen molar-refractivity contribution in [1.29, 1.82) is 0 Å². The molecular formula is C20H24N2O5S. The van der Waals surface area contributed by atoms with Gasteiger partial charge in [0.1, 0.15) is 11.5 Å². The molecule has 8 heteroatoms. The molecule has 2 aromatic carbocycles. The van der Waals surface area contributed by atoms with Crippen LogP contribution in [0.1, 0.15) is 24.0 Å². The molecule has 1 saturated carbocycles. The number of sulfonamides is 1. The maximum absolute atomic E-state index is 12.2. The number of aryl methyl sites for hydroxylation is 1. The summed E-state index contributed by atoms with van der Waals surface area (Å²) in [6.07, 6.45) is 1.76. The van der Waals surface area contributed by atoms with Crippen molar-refractivity contribution in [2.24, 2.45) is 0 Å². The maximum atomic E-state index is 12.2. The number of nitrogens with one attached hydrogen (secondary N) is 2. The van der Waals surface area contributed by atoms with Crippen molar-refractivity contribution in [1.82, 2.24) is 10.0 Å². The topological polar surface area (TPSA) is 93.7 Å². The van der Waals surface area contributed by atoms with E-state index in [4.69, 9.17) is 9.47 Å². The molecule has 2 aromatic rings. The van der Waals surface area contributed by atoms with E-state index < -0.39 is 10.0 Å². The third-order valence-electron chi connectivity index (χ3n) is 4.36. The molecule has 0 radical (unpaired) electrons. The second-order valence-electron chi connectivity index (χ2n) is 6.74. The predicted octanol–water partition coefficient (Wildman–Crippen LogP) is 2.14. The van der Waals surface area contributed by atoms with E-state index in [-0.39, 0.29) is 23.5 Å². The summed E-state index contributed by atoms with van der Waals surface area (Å²) in [7, 11) is -1.91. The van der Waals surface area contributed by atoms with Gasteiger partial charge in [-0.25, -0.2) is 13.1 Å². The van der Waals surface area contributed by atoms with E-state index in [2.05, 4.69) is 10.0 Å². The minimum Gasteiger partial charge on any atom is -0.497 e. The quantitative estimate of drug-likeness (QED) is 0.668. The van der Waals surface area contributed by atoms with Crippen LogP contribution < -0.4 is 19.5 Å². The van der Waals surface area contributed by atoms with Gasteiger partial charge in [0.25, 0.3) is 5.91 Å². The summed E-state index contributed by atoms with van der Waals surface area (Å²) in [5, 5.41) is 2.78. The monoisotopic (exact) mass is 404 g/mol. The lowest BCUT2D eigenvalue weighted by Crippen LogP contribution is -2.28. The summed E-state index contributed by atoms with van der Waals surface area (Å²) < 4.78 is 37.8. The Kier molecular flexibility index (Phi) is 6.21. The van der Waals surface area contributed by atoms with Gasteiger partial charge in [-0.15, -0.1) is 0 Å². The molecule has 0 unspecified atom stereocenters. The van der Waals surface area contributed by atoms with Gasteiger partial charge in [0, 0.05) is 12.6 Å². The van der Waals surface area contributed by atoms with Gasteiger partial charge >= 0.3 is 0 Å². The first-order chi connectivity index (χ1) is 13.4. The van der Waals surface area contributed by atoms with Gasteiger partial charge in [-0.05, 0) is 61.2 Å². The number of hydrogen-bond donors (Lipinski definition) is 2. The Hall–Kier alpha value is -2.58. The molecule has 1 fully saturated rings. The van der Waals surface area contributed by atoms with E-state index in [1.165, 1.54) is 6.07 Å². The molecule has 1 aliphatic carbocycles. The fourth-order valence-corrected chi connectivity index (χ4v) is 3.97. The molecule has 1 amide bonds. The first-order valence-electron chi connectivity index (χ1n) is 9.03. The zero-order chi connectivity index (χ0) is 20.1. The zero-order valence-corrected chi connectivity index (χ0v) is 16.7. The fourth-order valence-electron chi connectivity index (χ4n) is 2.58. The van der Waals surface area contributed by atoms with E-state index in [1.54, 1.807) is 26.2 Å². The number of carbonyl (C=O) groups excluding carboxylic acids is 1. The molecule has 7 nitrogen and oxygen atoms in total. The molecule has 0 heterocycles. The maximum Gasteiger partial charge on any atom is 0.258 e. The summed E-state index contributed by atoms with van der Waals surface area (Å²) in [5.74, 6) is 0.971. The molecule has 3 rings (SSSR count). The van der Waals surface area contributed by atoms with Gasteiger partial charge in [-0.2, -0.15) is 0 Å². The average Bonchev–Trinajstić information content (AvgIpc) is 3.49. The fraction of sp³-hybridized carbons (Fsp3) is 0.350. The van der Waals surface area contributed by atoms with Crippen LogP contribution in [0.4, 0.5) is 0 Å². The molecule has 0 bridgehead atoms. The predicted molar refractivity (Wildman–Crippen MR) is 105 cm³/mol. The third-order valence-corrected chi connectivity index (χ3v) is 5.88. The van der Waals surface area contributed by atoms with E-state index in [9.17, 15) is 13.2 Å². The highest BCUT2D eigenvalue weighted by molar-refractivity contribution is 7.89. The zero-order valence-electron chi connectivity index (χ0n) is 15.9. The lowest BCUT2D eigenvalue weighted by molar-refractivity contribution is -0.123. The minimum absolute atomic E-state index is 0.0515. The standard InChI is InChI=1S/C20H24N2O5S/c1-14-11-18(28(24,25)22-16-5-6-16)9-10-19(14)27-13-20(23)21-12-15-3-7-17(26-2)8-4-15/h3-4,7-11,16,22H,5-6,12-13H2,1-2H3,(H,21,23). The van der Waals surface area contributed by atoms with Crippen molar-refractivity contribution < 1.29 is 22.7 Å². The number of amides is 1. The SMILES string of the molecule is COc1ccc(CNC(=O)COc2ccc(S(=O)(=O)NC3CC3)cc2C)cc1. The van der Waals surface area contributed by atoms with Gasteiger partial charge in [-0.3, -0.25) is 4.79 Å². The van der Waals surface area contributed by atoms with Crippen LogP contribution in [0.15, 0.2) is 47.4 Å². The highest BCUT2D eigenvalue weighted by Gasteiger charge is 2.28. The average molecular weight is 404 g/mol. The van der Waals surface area contributed by atoms with Gasteiger partial charge in [-0.1, -0.05) is 12.1 Å². The molecule has 0 spiro atoms. The Morgan fingerprint density at radius 1 is 1.14 bits per heavy atom. The highest BCUT2D eigenvalue weighted by atomic mass is 32.2. The van der Waals surface area contributed by atoms with E-state index >= 15 is 0 Å². The molecule has 0 aromatic heterocycles. The third kappa shape index (κ3) is 5.46. The first kappa shape index (κ1) is 20.2. The summed E-state index contributed by atoms with van der Waals surface area (Å²) in [6, 6.07) is 12.1. The van der Waals surface area contributed by atoms with E-state index in [0.717, 1.165) is 24.2 Å². The smallest absolute Gasteiger partial charge is 0.258 e. The van der Waals surface area contributed by atoms with Crippen LogP contribution in [0.3, 0.4) is 0 Å². The Morgan fingerprint density at radius 2 is 1.86 bits per heavy atom. The van der Waals surface area contributed by atoms with Gasteiger partial charge < -0.3 is 14.8 Å². The van der Waals surface area contributed by atoms with Gasteiger partial charge in [0.2, 0.25) is 10.0 Å². The number of ether oxygens (including phenoxy) is 2. The van der Waals surface area contributed by atoms with Crippen molar-refractivity contribution >= 4 is 15.9 Å². The van der Waals surface area contributed by atoms with Crippen LogP contribution in [0.2, 0.25) is 0 Å². The Morgan fingerprint density at radius 3 is 2.46 bits per heavy atom. The summed E-state index contributed by atoms with van der Waals surface area (Å²) in [5.41, 5.74) is 1.60. The molecule has 150 valence electrons. The highest BCUT2D eigenvalue weighted by Crippen LogP contribution is 2.25. The molecule has 0 saturated heterocycles. The first-order valence-corrected chi connectivity index (χ1v) is 10.5. The number of methoxy groups -OCH3 is 1. The van der Waals surface area contributed by atoms with Crippen molar-refractivity contribution in [3.8, 4) is 11.5 Å². The van der Waals surface area contributed by atoms with Crippen molar-refractivity contribution in [3.05, 3.63) is 53.6 Å². The van der Waals surface area contributed by atoms with Crippen molar-refractivity contribution in [2.45, 2.75) is 37.2 Å². The van der Waals surface area contributed by atoms with Crippen LogP contribution in [0, 0.1) is 6.92 Å². The Balaban J connectivity index is 1.51. The molecule has 0 atom stereocenters. The number of hydrogen-bond acceptors (Lipinski definition) is 5. The second-order valence-corrected chi connectivity index (χ2v) is 8.45. The molecule has 1 aliphatic rings. The lowest BCUT2D eigenvalue weighted by atomic mass is 10.2. The van der Waals surface area contributed by atoms with Crippen LogP contribution >= 0.6 is 0 Å². The van der Waals surface area contributed by atoms with Crippen molar-refractivity contribution in [2.75, 3.05) is 13.7 Å². The Labute approximate surface area is 165 Å². The molecular weight excluding hydrogens is 380 g/mol.